The summed E-state index contributed by atoms with van der Waals surface area (Å²) in [7, 11) is 0. The van der Waals surface area contributed by atoms with Gasteiger partial charge in [0.05, 0.1) is 0 Å². The SMILES string of the molecule is Ic1cc(I)cc(CCCc2cc(CCCc3cc(I)cc(I)c3)cc(CCCc3cc(I)cc(I)c3)c2)c1. The van der Waals surface area contributed by atoms with Crippen molar-refractivity contribution in [1.29, 1.82) is 0 Å². The van der Waals surface area contributed by atoms with E-state index < -0.39 is 0 Å². The fourth-order valence-corrected chi connectivity index (χ4v) is 11.2. The van der Waals surface area contributed by atoms with Crippen molar-refractivity contribution in [2.75, 3.05) is 0 Å². The lowest BCUT2D eigenvalue weighted by Gasteiger charge is -2.12. The van der Waals surface area contributed by atoms with Crippen molar-refractivity contribution in [2.45, 2.75) is 57.8 Å². The molecule has 0 aliphatic heterocycles. The normalized spacial score (nSPS) is 11.2. The molecule has 4 rings (SSSR count). The van der Waals surface area contributed by atoms with Crippen molar-refractivity contribution in [3.05, 3.63) is 128 Å². The highest BCUT2D eigenvalue weighted by Gasteiger charge is 2.06. The van der Waals surface area contributed by atoms with Crippen LogP contribution in [0.15, 0.2) is 72.8 Å². The summed E-state index contributed by atoms with van der Waals surface area (Å²) in [6.45, 7) is 0. The van der Waals surface area contributed by atoms with Crippen LogP contribution in [0.4, 0.5) is 0 Å². The zero-order chi connectivity index (χ0) is 27.8. The molecule has 0 fully saturated rings. The van der Waals surface area contributed by atoms with Gasteiger partial charge in [-0.05, 0) is 281 Å². The molecule has 0 aliphatic rings. The quantitative estimate of drug-likeness (QED) is 0.124. The van der Waals surface area contributed by atoms with Gasteiger partial charge >= 0.3 is 0 Å². The summed E-state index contributed by atoms with van der Waals surface area (Å²) >= 11 is 14.6. The van der Waals surface area contributed by atoms with Gasteiger partial charge in [0, 0.05) is 21.4 Å². The van der Waals surface area contributed by atoms with Crippen LogP contribution in [0.1, 0.15) is 52.6 Å². The number of halogens is 6. The highest BCUT2D eigenvalue weighted by atomic mass is 127. The van der Waals surface area contributed by atoms with Gasteiger partial charge in [0.15, 0.2) is 0 Å². The predicted octanol–water partition coefficient (Wildman–Crippen LogP) is 11.8. The van der Waals surface area contributed by atoms with Gasteiger partial charge in [-0.2, -0.15) is 0 Å². The number of aryl methyl sites for hydroxylation is 6. The van der Waals surface area contributed by atoms with E-state index >= 15 is 0 Å². The first-order chi connectivity index (χ1) is 18.7. The van der Waals surface area contributed by atoms with E-state index in [2.05, 4.69) is 208 Å². The van der Waals surface area contributed by atoms with E-state index in [4.69, 9.17) is 0 Å². The first-order valence-electron chi connectivity index (χ1n) is 13.2. The monoisotopic (exact) mass is 1190 g/mol. The van der Waals surface area contributed by atoms with Crippen molar-refractivity contribution in [3.8, 4) is 0 Å². The number of benzene rings is 4. The van der Waals surface area contributed by atoms with E-state index in [0.29, 0.717) is 0 Å². The highest BCUT2D eigenvalue weighted by molar-refractivity contribution is 14.1. The second kappa shape index (κ2) is 16.9. The molecule has 204 valence electrons. The smallest absolute Gasteiger partial charge is 0.0143 e. The Hall–Kier alpha value is 1.26. The van der Waals surface area contributed by atoms with Gasteiger partial charge < -0.3 is 0 Å². The molecule has 4 aromatic rings. The lowest BCUT2D eigenvalue weighted by atomic mass is 9.94. The molecule has 0 amide bonds. The molecule has 0 aliphatic carbocycles. The second-order valence-corrected chi connectivity index (χ2v) is 17.5. The van der Waals surface area contributed by atoms with Crippen LogP contribution >= 0.6 is 136 Å². The maximum absolute atomic E-state index is 2.49. The maximum atomic E-state index is 2.49. The lowest BCUT2D eigenvalue weighted by Crippen LogP contribution is -1.99. The minimum atomic E-state index is 1.14. The van der Waals surface area contributed by atoms with Crippen molar-refractivity contribution in [2.24, 2.45) is 0 Å². The fourth-order valence-electron chi connectivity index (χ4n) is 5.03. The van der Waals surface area contributed by atoms with Gasteiger partial charge in [-0.1, -0.05) is 18.2 Å². The van der Waals surface area contributed by atoms with Crippen LogP contribution in [-0.2, 0) is 38.5 Å². The predicted molar refractivity (Wildman–Crippen MR) is 218 cm³/mol. The summed E-state index contributed by atoms with van der Waals surface area (Å²) in [6.07, 6.45) is 10.4. The molecular formula is C33H30I6. The Kier molecular flexibility index (Phi) is 14.4. The van der Waals surface area contributed by atoms with Crippen LogP contribution < -0.4 is 0 Å². The average Bonchev–Trinajstić information content (AvgIpc) is 2.82. The van der Waals surface area contributed by atoms with E-state index in [0.717, 1.165) is 38.5 Å². The molecule has 0 saturated carbocycles. The van der Waals surface area contributed by atoms with E-state index in [1.165, 1.54) is 74.1 Å². The van der Waals surface area contributed by atoms with Crippen LogP contribution in [0.3, 0.4) is 0 Å². The Bertz CT molecular complexity index is 1170. The van der Waals surface area contributed by atoms with Crippen molar-refractivity contribution >= 4 is 136 Å². The highest BCUT2D eigenvalue weighted by Crippen LogP contribution is 2.22. The zero-order valence-corrected chi connectivity index (χ0v) is 34.5. The van der Waals surface area contributed by atoms with Crippen molar-refractivity contribution < 1.29 is 0 Å². The van der Waals surface area contributed by atoms with E-state index in [1.807, 2.05) is 0 Å². The van der Waals surface area contributed by atoms with Gasteiger partial charge in [0.1, 0.15) is 0 Å². The van der Waals surface area contributed by atoms with Crippen LogP contribution in [0.2, 0.25) is 0 Å². The molecule has 4 aromatic carbocycles. The summed E-state index contributed by atoms with van der Waals surface area (Å²) in [4.78, 5) is 0. The molecule has 0 saturated heterocycles. The number of hydrogen-bond donors (Lipinski definition) is 0. The molecule has 0 N–H and O–H groups in total. The molecule has 6 heteroatoms. The summed E-state index contributed by atoms with van der Waals surface area (Å²) in [5, 5.41) is 0. The number of hydrogen-bond acceptors (Lipinski definition) is 0. The molecule has 0 atom stereocenters. The Labute approximate surface area is 315 Å². The molecule has 0 unspecified atom stereocenters. The summed E-state index contributed by atoms with van der Waals surface area (Å²) in [5.41, 5.74) is 8.91. The second-order valence-electron chi connectivity index (χ2n) is 10.1. The van der Waals surface area contributed by atoms with E-state index in [-0.39, 0.29) is 0 Å². The van der Waals surface area contributed by atoms with Crippen molar-refractivity contribution in [1.82, 2.24) is 0 Å². The maximum Gasteiger partial charge on any atom is 0.0143 e. The third-order valence-corrected chi connectivity index (χ3v) is 10.4. The van der Waals surface area contributed by atoms with Gasteiger partial charge in [-0.15, -0.1) is 0 Å². The van der Waals surface area contributed by atoms with Gasteiger partial charge in [-0.25, -0.2) is 0 Å². The number of rotatable bonds is 12. The lowest BCUT2D eigenvalue weighted by molar-refractivity contribution is 0.787. The van der Waals surface area contributed by atoms with Crippen LogP contribution in [0.5, 0.6) is 0 Å². The average molecular weight is 1190 g/mol. The van der Waals surface area contributed by atoms with E-state index in [9.17, 15) is 0 Å². The largest absolute Gasteiger partial charge is 0.0558 e. The minimum Gasteiger partial charge on any atom is -0.0558 e. The van der Waals surface area contributed by atoms with Gasteiger partial charge in [0.2, 0.25) is 0 Å². The first-order valence-corrected chi connectivity index (χ1v) is 19.7. The summed E-state index contributed by atoms with van der Waals surface area (Å²) < 4.78 is 8.02. The Balaban J connectivity index is 1.42. The fraction of sp³-hybridized carbons (Fsp3) is 0.273. The van der Waals surface area contributed by atoms with Crippen LogP contribution in [0.25, 0.3) is 0 Å². The topological polar surface area (TPSA) is 0 Å². The summed E-state index contributed by atoms with van der Waals surface area (Å²) in [6, 6.07) is 28.2. The third-order valence-electron chi connectivity index (χ3n) is 6.67. The molecule has 0 heterocycles. The molecule has 0 spiro atoms. The molecule has 0 aromatic heterocycles. The summed E-state index contributed by atoms with van der Waals surface area (Å²) in [5.74, 6) is 0. The molecular weight excluding hydrogens is 1160 g/mol. The molecule has 0 radical (unpaired) electrons. The Morgan fingerprint density at radius 2 is 0.436 bits per heavy atom. The Morgan fingerprint density at radius 1 is 0.256 bits per heavy atom. The van der Waals surface area contributed by atoms with E-state index in [1.54, 1.807) is 0 Å². The first kappa shape index (κ1) is 33.2. The van der Waals surface area contributed by atoms with Crippen LogP contribution in [-0.4, -0.2) is 0 Å². The van der Waals surface area contributed by atoms with Crippen LogP contribution in [0, 0.1) is 21.4 Å². The third kappa shape index (κ3) is 12.0. The van der Waals surface area contributed by atoms with Gasteiger partial charge in [-0.3, -0.25) is 0 Å². The molecule has 0 bridgehead atoms. The Morgan fingerprint density at radius 3 is 0.641 bits per heavy atom. The standard InChI is InChI=1S/C33H30I6/c34-28-13-25(14-29(35)19-28)7-1-4-22-10-23(5-2-8-26-15-30(36)20-31(37)16-26)12-24(11-22)6-3-9-27-17-32(38)21-33(39)18-27/h10-21H,1-9H2. The minimum absolute atomic E-state index is 1.14. The molecule has 39 heavy (non-hydrogen) atoms. The molecule has 0 nitrogen and oxygen atoms in total. The van der Waals surface area contributed by atoms with Gasteiger partial charge in [0.25, 0.3) is 0 Å². The van der Waals surface area contributed by atoms with Crippen molar-refractivity contribution in [3.63, 3.8) is 0 Å². The zero-order valence-electron chi connectivity index (χ0n) is 21.6.